The second kappa shape index (κ2) is 12.1. The van der Waals surface area contributed by atoms with Gasteiger partial charge in [0, 0.05) is 76.0 Å². The third-order valence-corrected chi connectivity index (χ3v) is 15.5. The Bertz CT molecular complexity index is 4280. The van der Waals surface area contributed by atoms with Gasteiger partial charge in [-0.1, -0.05) is 95.1 Å². The molecule has 6 aromatic heterocycles. The van der Waals surface area contributed by atoms with Crippen molar-refractivity contribution in [3.63, 3.8) is 0 Å². The number of hydrogen-bond donors (Lipinski definition) is 0. The first-order valence-electron chi connectivity index (χ1n) is 23.4. The van der Waals surface area contributed by atoms with E-state index in [-0.39, 0.29) is 0 Å². The van der Waals surface area contributed by atoms with Crippen molar-refractivity contribution in [1.29, 1.82) is 0 Å². The van der Waals surface area contributed by atoms with Crippen LogP contribution in [0.3, 0.4) is 0 Å². The highest BCUT2D eigenvalue weighted by molar-refractivity contribution is 6.45. The Kier molecular flexibility index (Phi) is 6.69. The van der Waals surface area contributed by atoms with Gasteiger partial charge in [-0.15, -0.1) is 0 Å². The maximum atomic E-state index is 2.60. The predicted octanol–water partition coefficient (Wildman–Crippen LogP) is 16.6. The zero-order valence-corrected chi connectivity index (χ0v) is 38.5. The van der Waals surface area contributed by atoms with E-state index in [2.05, 4.69) is 207 Å². The van der Waals surface area contributed by atoms with Gasteiger partial charge >= 0.3 is 0 Å². The zero-order valence-electron chi connectivity index (χ0n) is 38.5. The number of hydrogen-bond acceptors (Lipinski definition) is 0. The highest BCUT2D eigenvalue weighted by Gasteiger charge is 2.30. The molecule has 0 saturated heterocycles. The summed E-state index contributed by atoms with van der Waals surface area (Å²) in [5, 5.41) is 15.8. The molecule has 4 heteroatoms. The van der Waals surface area contributed by atoms with Crippen molar-refractivity contribution in [1.82, 2.24) is 17.9 Å². The fraction of sp³-hybridized carbons (Fsp3) is 0.129. The third-order valence-electron chi connectivity index (χ3n) is 15.5. The largest absolute Gasteiger partial charge is 0.309 e. The van der Waals surface area contributed by atoms with Crippen molar-refractivity contribution in [3.8, 4) is 11.4 Å². The molecular formula is C62H46N4. The van der Waals surface area contributed by atoms with Crippen LogP contribution in [0.4, 0.5) is 0 Å². The molecule has 9 aromatic carbocycles. The first-order valence-corrected chi connectivity index (χ1v) is 23.4. The lowest BCUT2D eigenvalue weighted by molar-refractivity contribution is 1.15. The van der Waals surface area contributed by atoms with E-state index in [9.17, 15) is 0 Å². The summed E-state index contributed by atoms with van der Waals surface area (Å²) in [5.74, 6) is 0. The number of fused-ring (bicyclic) bond motifs is 20. The normalized spacial score (nSPS) is 12.8. The smallest absolute Gasteiger partial charge is 0.0634 e. The van der Waals surface area contributed by atoms with Gasteiger partial charge in [-0.05, 0) is 138 Å². The summed E-state index contributed by atoms with van der Waals surface area (Å²) in [6.07, 6.45) is 0. The lowest BCUT2D eigenvalue weighted by Gasteiger charge is -2.12. The van der Waals surface area contributed by atoms with Crippen LogP contribution in [0.25, 0.3) is 131 Å². The van der Waals surface area contributed by atoms with Crippen LogP contribution in [0.5, 0.6) is 0 Å². The molecule has 15 rings (SSSR count). The number of aryl methyl sites for hydroxylation is 8. The molecule has 0 unspecified atom stereocenters. The van der Waals surface area contributed by atoms with E-state index in [0.29, 0.717) is 0 Å². The van der Waals surface area contributed by atoms with Crippen LogP contribution in [-0.2, 0) is 0 Å². The van der Waals surface area contributed by atoms with Gasteiger partial charge in [0.05, 0.1) is 55.2 Å². The minimum atomic E-state index is 1.19. The van der Waals surface area contributed by atoms with Crippen LogP contribution in [0.1, 0.15) is 44.5 Å². The highest BCUT2D eigenvalue weighted by Crippen LogP contribution is 2.52. The molecule has 0 aliphatic carbocycles. The van der Waals surface area contributed by atoms with Gasteiger partial charge in [-0.2, -0.15) is 0 Å². The van der Waals surface area contributed by atoms with Crippen molar-refractivity contribution in [2.24, 2.45) is 0 Å². The molecule has 4 nitrogen and oxygen atoms in total. The van der Waals surface area contributed by atoms with Crippen LogP contribution < -0.4 is 0 Å². The molecule has 0 N–H and O–H groups in total. The molecule has 0 atom stereocenters. The third kappa shape index (κ3) is 4.27. The molecule has 0 bridgehead atoms. The Morgan fingerprint density at radius 1 is 0.258 bits per heavy atom. The Morgan fingerprint density at radius 3 is 0.894 bits per heavy atom. The lowest BCUT2D eigenvalue weighted by atomic mass is 9.97. The van der Waals surface area contributed by atoms with E-state index in [1.165, 1.54) is 176 Å². The standard InChI is InChI=1S/C62H46N4/c1-31-21-35(5)57-45(25-31)46-26-32(2)22-36(6)58(46)63(57)39-17-19-43-51(29-39)65-49-15-11-9-13-41(49)54-56-44-20-18-40(30-52(44)66-50-16-12-10-14-42(50)53(62(56)66)55(43)61(54)65)64-59-37(7)23-33(3)27-47(59)48-28-34(4)24-38(8)60(48)64/h9-30H,1-8H3. The Hall–Kier alpha value is -7.82. The monoisotopic (exact) mass is 846 g/mol. The second-order valence-electron chi connectivity index (χ2n) is 19.9. The molecule has 314 valence electrons. The van der Waals surface area contributed by atoms with E-state index in [4.69, 9.17) is 0 Å². The summed E-state index contributed by atoms with van der Waals surface area (Å²) < 4.78 is 10.3. The number of benzene rings is 9. The van der Waals surface area contributed by atoms with Crippen molar-refractivity contribution in [2.45, 2.75) is 55.4 Å². The second-order valence-corrected chi connectivity index (χ2v) is 19.9. The van der Waals surface area contributed by atoms with E-state index < -0.39 is 0 Å². The minimum Gasteiger partial charge on any atom is -0.309 e. The Morgan fingerprint density at radius 2 is 0.561 bits per heavy atom. The van der Waals surface area contributed by atoms with E-state index in [1.807, 2.05) is 0 Å². The number of nitrogens with zero attached hydrogens (tertiary/aromatic N) is 4. The number of rotatable bonds is 2. The fourth-order valence-electron chi connectivity index (χ4n) is 13.4. The molecular weight excluding hydrogens is 801 g/mol. The summed E-state index contributed by atoms with van der Waals surface area (Å²) >= 11 is 0. The van der Waals surface area contributed by atoms with Crippen molar-refractivity contribution in [3.05, 3.63) is 178 Å². The highest BCUT2D eigenvalue weighted by atomic mass is 15.0. The maximum absolute atomic E-state index is 2.60. The molecule has 15 aromatic rings. The van der Waals surface area contributed by atoms with Crippen LogP contribution in [-0.4, -0.2) is 17.9 Å². The van der Waals surface area contributed by atoms with E-state index >= 15 is 0 Å². The van der Waals surface area contributed by atoms with Gasteiger partial charge in [0.1, 0.15) is 0 Å². The summed E-state index contributed by atoms with van der Waals surface area (Å²) in [6, 6.07) is 51.7. The average molecular weight is 847 g/mol. The minimum absolute atomic E-state index is 1.19. The van der Waals surface area contributed by atoms with E-state index in [0.717, 1.165) is 0 Å². The average Bonchev–Trinajstić information content (AvgIpc) is 4.12. The summed E-state index contributed by atoms with van der Waals surface area (Å²) in [7, 11) is 0. The first kappa shape index (κ1) is 36.5. The van der Waals surface area contributed by atoms with Crippen molar-refractivity contribution >= 4 is 120 Å². The van der Waals surface area contributed by atoms with Crippen molar-refractivity contribution < 1.29 is 0 Å². The Balaban J connectivity index is 1.11. The molecule has 0 aliphatic heterocycles. The van der Waals surface area contributed by atoms with Crippen LogP contribution in [0, 0.1) is 55.4 Å². The van der Waals surface area contributed by atoms with Gasteiger partial charge in [-0.25, -0.2) is 0 Å². The summed E-state index contributed by atoms with van der Waals surface area (Å²) in [6.45, 7) is 18.0. The van der Waals surface area contributed by atoms with Crippen LogP contribution >= 0.6 is 0 Å². The summed E-state index contributed by atoms with van der Waals surface area (Å²) in [5.41, 5.74) is 25.5. The molecule has 0 fully saturated rings. The molecule has 6 heterocycles. The molecule has 0 spiro atoms. The van der Waals surface area contributed by atoms with E-state index in [1.54, 1.807) is 0 Å². The maximum Gasteiger partial charge on any atom is 0.0634 e. The SMILES string of the molecule is Cc1cc(C)c2c(c1)c1cc(C)cc(C)c1n2-c1ccc2c3c4c5ccccc5n5c6cc(-n7c8c(C)cc(C)cc8c8cc(C)cc(C)c87)ccc6c(c6c7ccccc7n(c2c1)c63)c45. The number of aromatic nitrogens is 4. The zero-order chi connectivity index (χ0) is 44.3. The molecule has 0 saturated carbocycles. The number of para-hydroxylation sites is 2. The van der Waals surface area contributed by atoms with Gasteiger partial charge < -0.3 is 17.9 Å². The van der Waals surface area contributed by atoms with Gasteiger partial charge in [0.15, 0.2) is 0 Å². The quantitative estimate of drug-likeness (QED) is 0.165. The van der Waals surface area contributed by atoms with Crippen molar-refractivity contribution in [2.75, 3.05) is 0 Å². The summed E-state index contributed by atoms with van der Waals surface area (Å²) in [4.78, 5) is 0. The topological polar surface area (TPSA) is 18.7 Å². The molecule has 66 heavy (non-hydrogen) atoms. The molecule has 0 radical (unpaired) electrons. The Labute approximate surface area is 380 Å². The predicted molar refractivity (Wildman–Crippen MR) is 282 cm³/mol. The van der Waals surface area contributed by atoms with Gasteiger partial charge in [0.2, 0.25) is 0 Å². The van der Waals surface area contributed by atoms with Crippen LogP contribution in [0.15, 0.2) is 133 Å². The van der Waals surface area contributed by atoms with Crippen LogP contribution in [0.2, 0.25) is 0 Å². The molecule has 0 amide bonds. The molecule has 0 aliphatic rings. The fourth-order valence-corrected chi connectivity index (χ4v) is 13.4. The lowest BCUT2D eigenvalue weighted by Crippen LogP contribution is -1.97. The first-order chi connectivity index (χ1) is 32.0. The van der Waals surface area contributed by atoms with Gasteiger partial charge in [0.25, 0.3) is 0 Å². The van der Waals surface area contributed by atoms with Gasteiger partial charge in [-0.3, -0.25) is 0 Å².